The molecule has 0 atom stereocenters. The molecule has 0 bridgehead atoms. The van der Waals surface area contributed by atoms with E-state index in [1.165, 1.54) is 0 Å². The van der Waals surface area contributed by atoms with Crippen LogP contribution < -0.4 is 0 Å². The van der Waals surface area contributed by atoms with Gasteiger partial charge in [-0.05, 0) is 19.5 Å². The lowest BCUT2D eigenvalue weighted by Gasteiger charge is -2.22. The van der Waals surface area contributed by atoms with Crippen molar-refractivity contribution in [1.29, 1.82) is 0 Å². The summed E-state index contributed by atoms with van der Waals surface area (Å²) in [6.45, 7) is 4.44. The number of likely N-dealkylation sites (N-methyl/N-ethyl adjacent to an activating group) is 1. The normalized spacial score (nSPS) is 20.1. The summed E-state index contributed by atoms with van der Waals surface area (Å²) >= 11 is 0. The van der Waals surface area contributed by atoms with Gasteiger partial charge in [-0.3, -0.25) is 4.79 Å². The molecule has 1 aliphatic heterocycles. The summed E-state index contributed by atoms with van der Waals surface area (Å²) in [5.74, 6) is -1.71. The van der Waals surface area contributed by atoms with Crippen LogP contribution in [0.5, 0.6) is 0 Å². The van der Waals surface area contributed by atoms with Crippen LogP contribution in [0.25, 0.3) is 0 Å². The number of alkyl halides is 3. The van der Waals surface area contributed by atoms with Crippen LogP contribution in [-0.4, -0.2) is 54.6 Å². The molecule has 0 aromatic rings. The first-order valence-corrected chi connectivity index (χ1v) is 5.03. The molecule has 1 heterocycles. The third-order valence-corrected chi connectivity index (χ3v) is 2.57. The fourth-order valence-electron chi connectivity index (χ4n) is 1.67. The van der Waals surface area contributed by atoms with Gasteiger partial charge in [0.15, 0.2) is 0 Å². The summed E-state index contributed by atoms with van der Waals surface area (Å²) in [7, 11) is 0. The predicted molar refractivity (Wildman–Crippen MR) is 49.4 cm³/mol. The van der Waals surface area contributed by atoms with E-state index in [2.05, 4.69) is 0 Å². The van der Waals surface area contributed by atoms with Crippen LogP contribution in [0.3, 0.4) is 0 Å². The quantitative estimate of drug-likeness (QED) is 0.666. The first kappa shape index (κ1) is 12.3. The van der Waals surface area contributed by atoms with E-state index in [1.54, 1.807) is 0 Å². The molecule has 6 heteroatoms. The van der Waals surface area contributed by atoms with Gasteiger partial charge < -0.3 is 9.80 Å². The molecule has 88 valence electrons. The maximum Gasteiger partial charge on any atom is 0.471 e. The van der Waals surface area contributed by atoms with Crippen LogP contribution in [0, 0.1) is 0 Å². The van der Waals surface area contributed by atoms with Crippen LogP contribution >= 0.6 is 0 Å². The predicted octanol–water partition coefficient (Wildman–Crippen LogP) is 1.10. The van der Waals surface area contributed by atoms with E-state index < -0.39 is 12.1 Å². The fourth-order valence-corrected chi connectivity index (χ4v) is 1.67. The highest BCUT2D eigenvalue weighted by atomic mass is 19.4. The third kappa shape index (κ3) is 3.37. The summed E-state index contributed by atoms with van der Waals surface area (Å²) in [6.07, 6.45) is -4.13. The molecule has 0 spiro atoms. The maximum atomic E-state index is 12.1. The molecule has 0 N–H and O–H groups in total. The molecule has 1 fully saturated rings. The second-order valence-electron chi connectivity index (χ2n) is 3.58. The Labute approximate surface area is 86.8 Å². The Bertz CT molecular complexity index is 230. The summed E-state index contributed by atoms with van der Waals surface area (Å²) in [5, 5.41) is 0. The molecule has 1 aliphatic rings. The Kier molecular flexibility index (Phi) is 3.96. The van der Waals surface area contributed by atoms with Crippen molar-refractivity contribution in [2.24, 2.45) is 0 Å². The first-order valence-electron chi connectivity index (χ1n) is 5.03. The monoisotopic (exact) mass is 224 g/mol. The lowest BCUT2D eigenvalue weighted by Crippen LogP contribution is -2.43. The molecule has 0 unspecified atom stereocenters. The molecule has 1 saturated heterocycles. The molecule has 0 aromatic carbocycles. The summed E-state index contributed by atoms with van der Waals surface area (Å²) in [5.41, 5.74) is 0. The van der Waals surface area contributed by atoms with Crippen LogP contribution in [0.15, 0.2) is 0 Å². The van der Waals surface area contributed by atoms with E-state index in [0.29, 0.717) is 13.0 Å². The average Bonchev–Trinajstić information content (AvgIpc) is 2.39. The number of amides is 1. The first-order chi connectivity index (χ1) is 6.95. The van der Waals surface area contributed by atoms with Crippen molar-refractivity contribution in [3.63, 3.8) is 0 Å². The second-order valence-corrected chi connectivity index (χ2v) is 3.58. The van der Waals surface area contributed by atoms with E-state index >= 15 is 0 Å². The molecule has 0 aliphatic carbocycles. The molecule has 1 rings (SSSR count). The number of carbonyl (C=O) groups excluding carboxylic acids is 1. The SMILES string of the molecule is CCN1CCCN(C(=O)C(F)(F)F)CC1. The van der Waals surface area contributed by atoms with Crippen molar-refractivity contribution < 1.29 is 18.0 Å². The highest BCUT2D eigenvalue weighted by molar-refractivity contribution is 5.81. The molecule has 0 saturated carbocycles. The Morgan fingerprint density at radius 2 is 1.87 bits per heavy atom. The molecule has 3 nitrogen and oxygen atoms in total. The highest BCUT2D eigenvalue weighted by Gasteiger charge is 2.42. The van der Waals surface area contributed by atoms with Crippen molar-refractivity contribution >= 4 is 5.91 Å². The van der Waals surface area contributed by atoms with Crippen LogP contribution in [-0.2, 0) is 4.79 Å². The van der Waals surface area contributed by atoms with E-state index in [0.717, 1.165) is 18.0 Å². The summed E-state index contributed by atoms with van der Waals surface area (Å²) in [4.78, 5) is 13.9. The summed E-state index contributed by atoms with van der Waals surface area (Å²) < 4.78 is 36.4. The van der Waals surface area contributed by atoms with Crippen LogP contribution in [0.4, 0.5) is 13.2 Å². The number of hydrogen-bond donors (Lipinski definition) is 0. The topological polar surface area (TPSA) is 23.6 Å². The Morgan fingerprint density at radius 1 is 1.20 bits per heavy atom. The van der Waals surface area contributed by atoms with Crippen molar-refractivity contribution in [1.82, 2.24) is 9.80 Å². The van der Waals surface area contributed by atoms with Gasteiger partial charge in [0.05, 0.1) is 0 Å². The van der Waals surface area contributed by atoms with Gasteiger partial charge in [0, 0.05) is 19.6 Å². The number of halogens is 3. The minimum atomic E-state index is -4.73. The van der Waals surface area contributed by atoms with Gasteiger partial charge in [0.25, 0.3) is 0 Å². The largest absolute Gasteiger partial charge is 0.471 e. The summed E-state index contributed by atoms with van der Waals surface area (Å²) in [6, 6.07) is 0. The molecular weight excluding hydrogens is 209 g/mol. The minimum absolute atomic E-state index is 0.173. The maximum absolute atomic E-state index is 12.1. The van der Waals surface area contributed by atoms with Gasteiger partial charge >= 0.3 is 12.1 Å². The Morgan fingerprint density at radius 3 is 2.40 bits per heavy atom. The van der Waals surface area contributed by atoms with E-state index in [-0.39, 0.29) is 13.1 Å². The van der Waals surface area contributed by atoms with Gasteiger partial charge in [-0.25, -0.2) is 0 Å². The third-order valence-electron chi connectivity index (χ3n) is 2.57. The number of hydrogen-bond acceptors (Lipinski definition) is 2. The standard InChI is InChI=1S/C9H15F3N2O/c1-2-13-4-3-5-14(7-6-13)8(15)9(10,11)12/h2-7H2,1H3. The average molecular weight is 224 g/mol. The lowest BCUT2D eigenvalue weighted by atomic mass is 10.3. The van der Waals surface area contributed by atoms with E-state index in [9.17, 15) is 18.0 Å². The van der Waals surface area contributed by atoms with Crippen molar-refractivity contribution in [2.45, 2.75) is 19.5 Å². The van der Waals surface area contributed by atoms with Crippen molar-refractivity contribution in [3.05, 3.63) is 0 Å². The fraction of sp³-hybridized carbons (Fsp3) is 0.889. The van der Waals surface area contributed by atoms with Gasteiger partial charge in [-0.15, -0.1) is 0 Å². The number of nitrogens with zero attached hydrogens (tertiary/aromatic N) is 2. The molecular formula is C9H15F3N2O. The Balaban J connectivity index is 2.54. The lowest BCUT2D eigenvalue weighted by molar-refractivity contribution is -0.185. The zero-order valence-electron chi connectivity index (χ0n) is 8.68. The molecule has 15 heavy (non-hydrogen) atoms. The van der Waals surface area contributed by atoms with Crippen molar-refractivity contribution in [3.8, 4) is 0 Å². The van der Waals surface area contributed by atoms with Gasteiger partial charge in [-0.2, -0.15) is 13.2 Å². The van der Waals surface area contributed by atoms with Gasteiger partial charge in [0.2, 0.25) is 0 Å². The minimum Gasteiger partial charge on any atom is -0.334 e. The molecule has 1 amide bonds. The number of carbonyl (C=O) groups is 1. The van der Waals surface area contributed by atoms with E-state index in [1.807, 2.05) is 11.8 Å². The zero-order chi connectivity index (χ0) is 11.5. The highest BCUT2D eigenvalue weighted by Crippen LogP contribution is 2.19. The van der Waals surface area contributed by atoms with Crippen LogP contribution in [0.1, 0.15) is 13.3 Å². The van der Waals surface area contributed by atoms with E-state index in [4.69, 9.17) is 0 Å². The molecule has 0 radical (unpaired) electrons. The zero-order valence-corrected chi connectivity index (χ0v) is 8.68. The van der Waals surface area contributed by atoms with Crippen molar-refractivity contribution in [2.75, 3.05) is 32.7 Å². The van der Waals surface area contributed by atoms with Crippen LogP contribution in [0.2, 0.25) is 0 Å². The smallest absolute Gasteiger partial charge is 0.334 e. The second kappa shape index (κ2) is 4.83. The van der Waals surface area contributed by atoms with Gasteiger partial charge in [-0.1, -0.05) is 6.92 Å². The molecule has 0 aromatic heterocycles. The Hall–Kier alpha value is -0.780. The van der Waals surface area contributed by atoms with Gasteiger partial charge in [0.1, 0.15) is 0 Å². The number of rotatable bonds is 1.